The lowest BCUT2D eigenvalue weighted by Crippen LogP contribution is -2.24. The standard InChI is InChI=1S/C10H12BrN3O3/c1-17-8-7(11)4-12-10(13-8)14-3-2-6(5-14)9(15)16/h4,6H,2-3,5H2,1H3,(H,15,16). The van der Waals surface area contributed by atoms with E-state index < -0.39 is 5.97 Å². The van der Waals surface area contributed by atoms with Crippen LogP contribution in [0.5, 0.6) is 5.88 Å². The first-order chi connectivity index (χ1) is 8.11. The first-order valence-corrected chi connectivity index (χ1v) is 5.95. The van der Waals surface area contributed by atoms with Gasteiger partial charge in [-0.15, -0.1) is 0 Å². The SMILES string of the molecule is COc1nc(N2CCC(C(=O)O)C2)ncc1Br. The van der Waals surface area contributed by atoms with Crippen molar-refractivity contribution in [1.82, 2.24) is 9.97 Å². The van der Waals surface area contributed by atoms with Crippen molar-refractivity contribution in [2.75, 3.05) is 25.1 Å². The number of hydrogen-bond acceptors (Lipinski definition) is 5. The molecule has 0 aromatic carbocycles. The fourth-order valence-corrected chi connectivity index (χ4v) is 2.13. The Bertz CT molecular complexity index is 441. The van der Waals surface area contributed by atoms with Crippen molar-refractivity contribution >= 4 is 27.8 Å². The maximum absolute atomic E-state index is 10.9. The summed E-state index contributed by atoms with van der Waals surface area (Å²) in [6.45, 7) is 1.10. The third kappa shape index (κ3) is 2.49. The van der Waals surface area contributed by atoms with E-state index in [1.807, 2.05) is 4.90 Å². The number of carbonyl (C=O) groups is 1. The number of methoxy groups -OCH3 is 1. The van der Waals surface area contributed by atoms with Crippen LogP contribution < -0.4 is 9.64 Å². The highest BCUT2D eigenvalue weighted by Gasteiger charge is 2.29. The molecular formula is C10H12BrN3O3. The number of halogens is 1. The van der Waals surface area contributed by atoms with E-state index in [1.165, 1.54) is 7.11 Å². The summed E-state index contributed by atoms with van der Waals surface area (Å²) in [6, 6.07) is 0. The Labute approximate surface area is 107 Å². The summed E-state index contributed by atoms with van der Waals surface area (Å²) in [6.07, 6.45) is 2.23. The van der Waals surface area contributed by atoms with Crippen molar-refractivity contribution < 1.29 is 14.6 Å². The van der Waals surface area contributed by atoms with Gasteiger partial charge in [-0.3, -0.25) is 4.79 Å². The summed E-state index contributed by atoms with van der Waals surface area (Å²) in [5.74, 6) is -0.146. The predicted molar refractivity (Wildman–Crippen MR) is 64.2 cm³/mol. The second-order valence-electron chi connectivity index (χ2n) is 3.80. The van der Waals surface area contributed by atoms with Crippen LogP contribution in [0, 0.1) is 5.92 Å². The van der Waals surface area contributed by atoms with Crippen LogP contribution in [-0.4, -0.2) is 41.2 Å². The summed E-state index contributed by atoms with van der Waals surface area (Å²) < 4.78 is 5.76. The Morgan fingerprint density at radius 3 is 3.06 bits per heavy atom. The van der Waals surface area contributed by atoms with Crippen LogP contribution in [-0.2, 0) is 4.79 Å². The monoisotopic (exact) mass is 301 g/mol. The van der Waals surface area contributed by atoms with E-state index in [1.54, 1.807) is 6.20 Å². The third-order valence-corrected chi connectivity index (χ3v) is 3.26. The van der Waals surface area contributed by atoms with Crippen LogP contribution >= 0.6 is 15.9 Å². The molecule has 0 radical (unpaired) electrons. The molecule has 0 aliphatic carbocycles. The number of carboxylic acids is 1. The maximum Gasteiger partial charge on any atom is 0.308 e. The molecule has 1 fully saturated rings. The first kappa shape index (κ1) is 12.1. The average Bonchev–Trinajstić information content (AvgIpc) is 2.79. The number of aliphatic carboxylic acids is 1. The molecule has 1 aromatic heterocycles. The molecule has 1 saturated heterocycles. The van der Waals surface area contributed by atoms with Gasteiger partial charge >= 0.3 is 5.97 Å². The molecule has 1 aliphatic rings. The fraction of sp³-hybridized carbons (Fsp3) is 0.500. The lowest BCUT2D eigenvalue weighted by molar-refractivity contribution is -0.140. The largest absolute Gasteiger partial charge is 0.481 e. The van der Waals surface area contributed by atoms with Crippen molar-refractivity contribution in [3.05, 3.63) is 10.7 Å². The Kier molecular flexibility index (Phi) is 3.46. The van der Waals surface area contributed by atoms with Crippen molar-refractivity contribution in [3.63, 3.8) is 0 Å². The number of ether oxygens (including phenoxy) is 1. The van der Waals surface area contributed by atoms with Gasteiger partial charge in [-0.25, -0.2) is 4.98 Å². The maximum atomic E-state index is 10.9. The van der Waals surface area contributed by atoms with Gasteiger partial charge in [0.25, 0.3) is 0 Å². The van der Waals surface area contributed by atoms with Gasteiger partial charge in [-0.05, 0) is 22.4 Å². The van der Waals surface area contributed by atoms with Crippen molar-refractivity contribution in [2.24, 2.45) is 5.92 Å². The molecule has 1 N–H and O–H groups in total. The van der Waals surface area contributed by atoms with E-state index in [-0.39, 0.29) is 5.92 Å². The van der Waals surface area contributed by atoms with Crippen LogP contribution in [0.2, 0.25) is 0 Å². The van der Waals surface area contributed by atoms with Crippen LogP contribution in [0.1, 0.15) is 6.42 Å². The third-order valence-electron chi connectivity index (χ3n) is 2.71. The zero-order chi connectivity index (χ0) is 12.4. The summed E-state index contributed by atoms with van der Waals surface area (Å²) in [5, 5.41) is 8.92. The molecule has 1 aromatic rings. The molecule has 92 valence electrons. The second kappa shape index (κ2) is 4.87. The smallest absolute Gasteiger partial charge is 0.308 e. The molecule has 7 heteroatoms. The quantitative estimate of drug-likeness (QED) is 0.903. The van der Waals surface area contributed by atoms with Gasteiger partial charge < -0.3 is 14.7 Å². The minimum absolute atomic E-state index is 0.340. The molecule has 0 spiro atoms. The fourth-order valence-electron chi connectivity index (χ4n) is 1.78. The highest BCUT2D eigenvalue weighted by atomic mass is 79.9. The molecule has 1 aliphatic heterocycles. The number of rotatable bonds is 3. The Morgan fingerprint density at radius 1 is 1.71 bits per heavy atom. The topological polar surface area (TPSA) is 75.5 Å². The zero-order valence-corrected chi connectivity index (χ0v) is 10.8. The van der Waals surface area contributed by atoms with Crippen molar-refractivity contribution in [2.45, 2.75) is 6.42 Å². The highest BCUT2D eigenvalue weighted by Crippen LogP contribution is 2.26. The van der Waals surface area contributed by atoms with Crippen molar-refractivity contribution in [3.8, 4) is 5.88 Å². The molecule has 0 amide bonds. The van der Waals surface area contributed by atoms with Crippen LogP contribution in [0.3, 0.4) is 0 Å². The van der Waals surface area contributed by atoms with Crippen molar-refractivity contribution in [1.29, 1.82) is 0 Å². The van der Waals surface area contributed by atoms with Crippen LogP contribution in [0.4, 0.5) is 5.95 Å². The van der Waals surface area contributed by atoms with E-state index in [9.17, 15) is 4.79 Å². The van der Waals surface area contributed by atoms with Gasteiger partial charge in [0.1, 0.15) is 0 Å². The molecule has 1 atom stereocenters. The molecule has 2 rings (SSSR count). The van der Waals surface area contributed by atoms with Gasteiger partial charge in [0.2, 0.25) is 11.8 Å². The lowest BCUT2D eigenvalue weighted by atomic mass is 10.1. The highest BCUT2D eigenvalue weighted by molar-refractivity contribution is 9.10. The van der Waals surface area contributed by atoms with Crippen LogP contribution in [0.25, 0.3) is 0 Å². The Balaban J connectivity index is 2.16. The average molecular weight is 302 g/mol. The Morgan fingerprint density at radius 2 is 2.47 bits per heavy atom. The number of carboxylic acid groups (broad SMARTS) is 1. The summed E-state index contributed by atoms with van der Waals surface area (Å²) in [5.41, 5.74) is 0. The molecule has 6 nitrogen and oxygen atoms in total. The van der Waals surface area contributed by atoms with E-state index in [0.717, 1.165) is 0 Å². The van der Waals surface area contributed by atoms with Gasteiger partial charge in [0.05, 0.1) is 23.7 Å². The summed E-state index contributed by atoms with van der Waals surface area (Å²) >= 11 is 3.27. The minimum atomic E-state index is -0.767. The normalized spacial score (nSPS) is 19.4. The minimum Gasteiger partial charge on any atom is -0.481 e. The number of hydrogen-bond donors (Lipinski definition) is 1. The first-order valence-electron chi connectivity index (χ1n) is 5.16. The lowest BCUT2D eigenvalue weighted by Gasteiger charge is -2.16. The van der Waals surface area contributed by atoms with E-state index >= 15 is 0 Å². The van der Waals surface area contributed by atoms with E-state index in [0.29, 0.717) is 35.8 Å². The van der Waals surface area contributed by atoms with Gasteiger partial charge in [-0.2, -0.15) is 4.98 Å². The zero-order valence-electron chi connectivity index (χ0n) is 9.26. The van der Waals surface area contributed by atoms with Gasteiger partial charge in [-0.1, -0.05) is 0 Å². The van der Waals surface area contributed by atoms with Crippen LogP contribution in [0.15, 0.2) is 10.7 Å². The molecule has 2 heterocycles. The number of aromatic nitrogens is 2. The van der Waals surface area contributed by atoms with Gasteiger partial charge in [0.15, 0.2) is 0 Å². The van der Waals surface area contributed by atoms with Gasteiger partial charge in [0, 0.05) is 13.1 Å². The van der Waals surface area contributed by atoms with E-state index in [4.69, 9.17) is 9.84 Å². The molecule has 17 heavy (non-hydrogen) atoms. The summed E-state index contributed by atoms with van der Waals surface area (Å²) in [7, 11) is 1.53. The number of anilines is 1. The molecule has 1 unspecified atom stereocenters. The summed E-state index contributed by atoms with van der Waals surface area (Å²) in [4.78, 5) is 21.1. The Hall–Kier alpha value is -1.37. The molecule has 0 saturated carbocycles. The predicted octanol–water partition coefficient (Wildman–Crippen LogP) is 1.16. The number of nitrogens with zero attached hydrogens (tertiary/aromatic N) is 3. The second-order valence-corrected chi connectivity index (χ2v) is 4.65. The van der Waals surface area contributed by atoms with E-state index in [2.05, 4.69) is 25.9 Å². The molecule has 0 bridgehead atoms. The molecular weight excluding hydrogens is 290 g/mol.